The van der Waals surface area contributed by atoms with Crippen LogP contribution in [0.25, 0.3) is 0 Å². The van der Waals surface area contributed by atoms with Gasteiger partial charge in [0.05, 0.1) is 5.56 Å². The SMILES string of the molecule is C1CC1.CCc1cn(CC(=O)Nc2sc3c(c2C(N)=O)CCCC3)nc1C(F)(F)F. The maximum absolute atomic E-state index is 13.0. The quantitative estimate of drug-likeness (QED) is 0.723. The molecule has 10 heteroatoms. The number of nitrogens with two attached hydrogens (primary N) is 1. The Balaban J connectivity index is 0.000000782. The number of nitrogens with zero attached hydrogens (tertiary/aromatic N) is 2. The molecular formula is C20H25F3N4O2S. The summed E-state index contributed by atoms with van der Waals surface area (Å²) >= 11 is 1.30. The minimum Gasteiger partial charge on any atom is -0.365 e. The van der Waals surface area contributed by atoms with E-state index in [2.05, 4.69) is 10.4 Å². The monoisotopic (exact) mass is 442 g/mol. The lowest BCUT2D eigenvalue weighted by Gasteiger charge is -2.11. The van der Waals surface area contributed by atoms with E-state index in [0.717, 1.165) is 40.8 Å². The first-order valence-corrected chi connectivity index (χ1v) is 10.9. The summed E-state index contributed by atoms with van der Waals surface area (Å²) in [6, 6.07) is 0. The zero-order valence-corrected chi connectivity index (χ0v) is 17.6. The van der Waals surface area contributed by atoms with E-state index in [0.29, 0.717) is 10.6 Å². The zero-order chi connectivity index (χ0) is 21.9. The van der Waals surface area contributed by atoms with Crippen molar-refractivity contribution < 1.29 is 22.8 Å². The number of primary amides is 1. The number of aromatic nitrogens is 2. The van der Waals surface area contributed by atoms with Gasteiger partial charge in [0.1, 0.15) is 11.5 Å². The predicted molar refractivity (Wildman–Crippen MR) is 109 cm³/mol. The highest BCUT2D eigenvalue weighted by Gasteiger charge is 2.36. The van der Waals surface area contributed by atoms with Crippen molar-refractivity contribution in [1.82, 2.24) is 9.78 Å². The van der Waals surface area contributed by atoms with Gasteiger partial charge in [0.2, 0.25) is 5.91 Å². The molecule has 0 unspecified atom stereocenters. The zero-order valence-electron chi connectivity index (χ0n) is 16.8. The second kappa shape index (κ2) is 9.20. The molecular weight excluding hydrogens is 417 g/mol. The van der Waals surface area contributed by atoms with Gasteiger partial charge < -0.3 is 11.1 Å². The largest absolute Gasteiger partial charge is 0.435 e. The number of aryl methyl sites for hydroxylation is 2. The molecule has 3 N–H and O–H groups in total. The highest BCUT2D eigenvalue weighted by Crippen LogP contribution is 2.38. The molecule has 2 aromatic rings. The van der Waals surface area contributed by atoms with E-state index in [1.165, 1.54) is 36.8 Å². The molecule has 2 aliphatic carbocycles. The summed E-state index contributed by atoms with van der Waals surface area (Å²) < 4.78 is 39.9. The molecule has 2 aliphatic rings. The topological polar surface area (TPSA) is 90.0 Å². The molecule has 1 fully saturated rings. The third kappa shape index (κ3) is 5.41. The fraction of sp³-hybridized carbons (Fsp3) is 0.550. The lowest BCUT2D eigenvalue weighted by Crippen LogP contribution is -2.22. The summed E-state index contributed by atoms with van der Waals surface area (Å²) in [6.45, 7) is 1.20. The summed E-state index contributed by atoms with van der Waals surface area (Å²) in [6.07, 6.45) is 4.81. The van der Waals surface area contributed by atoms with Crippen molar-refractivity contribution in [3.63, 3.8) is 0 Å². The number of nitrogens with one attached hydrogen (secondary N) is 1. The fourth-order valence-corrected chi connectivity index (χ4v) is 4.58. The Morgan fingerprint density at radius 1 is 1.20 bits per heavy atom. The average Bonchev–Trinajstić information content (AvgIpc) is 3.42. The van der Waals surface area contributed by atoms with Gasteiger partial charge in [-0.25, -0.2) is 0 Å². The number of carbonyl (C=O) groups is 2. The summed E-state index contributed by atoms with van der Waals surface area (Å²) in [4.78, 5) is 25.2. The second-order valence-electron chi connectivity index (χ2n) is 7.44. The van der Waals surface area contributed by atoms with Crippen LogP contribution < -0.4 is 11.1 Å². The number of thiophene rings is 1. The Labute approximate surface area is 176 Å². The number of carbonyl (C=O) groups excluding carboxylic acids is 2. The van der Waals surface area contributed by atoms with Gasteiger partial charge in [-0.2, -0.15) is 18.3 Å². The van der Waals surface area contributed by atoms with Crippen LogP contribution in [0.4, 0.5) is 18.2 Å². The summed E-state index contributed by atoms with van der Waals surface area (Å²) in [5.74, 6) is -1.17. The third-order valence-electron chi connectivity index (χ3n) is 4.82. The van der Waals surface area contributed by atoms with Gasteiger partial charge in [0.15, 0.2) is 5.69 Å². The molecule has 4 rings (SSSR count). The van der Waals surface area contributed by atoms with Crippen molar-refractivity contribution in [3.8, 4) is 0 Å². The Morgan fingerprint density at radius 3 is 2.40 bits per heavy atom. The van der Waals surface area contributed by atoms with Crippen LogP contribution in [0.3, 0.4) is 0 Å². The van der Waals surface area contributed by atoms with Crippen molar-refractivity contribution in [2.45, 2.75) is 71.0 Å². The maximum Gasteiger partial charge on any atom is 0.435 e. The average molecular weight is 443 g/mol. The number of fused-ring (bicyclic) bond motifs is 1. The Kier molecular flexibility index (Phi) is 6.84. The molecule has 164 valence electrons. The van der Waals surface area contributed by atoms with Crippen molar-refractivity contribution >= 4 is 28.2 Å². The number of anilines is 1. The molecule has 0 atom stereocenters. The van der Waals surface area contributed by atoms with Crippen molar-refractivity contribution in [2.75, 3.05) is 5.32 Å². The number of hydrogen-bond acceptors (Lipinski definition) is 4. The molecule has 0 radical (unpaired) electrons. The van der Waals surface area contributed by atoms with Gasteiger partial charge in [-0.3, -0.25) is 14.3 Å². The normalized spacial score (nSPS) is 15.1. The van der Waals surface area contributed by atoms with Crippen LogP contribution in [0.1, 0.15) is 71.1 Å². The highest BCUT2D eigenvalue weighted by molar-refractivity contribution is 7.17. The van der Waals surface area contributed by atoms with Gasteiger partial charge in [0.25, 0.3) is 5.91 Å². The number of hydrogen-bond donors (Lipinski definition) is 2. The van der Waals surface area contributed by atoms with Crippen LogP contribution in [0.5, 0.6) is 0 Å². The van der Waals surface area contributed by atoms with Crippen molar-refractivity contribution in [2.24, 2.45) is 5.73 Å². The minimum absolute atomic E-state index is 0.0275. The first-order valence-electron chi connectivity index (χ1n) is 10.1. The van der Waals surface area contributed by atoms with Gasteiger partial charge in [0, 0.05) is 16.6 Å². The highest BCUT2D eigenvalue weighted by atomic mass is 32.1. The number of rotatable bonds is 5. The first-order chi connectivity index (χ1) is 14.2. The predicted octanol–water partition coefficient (Wildman–Crippen LogP) is 4.31. The lowest BCUT2D eigenvalue weighted by molar-refractivity contribution is -0.142. The fourth-order valence-electron chi connectivity index (χ4n) is 3.27. The second-order valence-corrected chi connectivity index (χ2v) is 8.55. The van der Waals surface area contributed by atoms with E-state index in [4.69, 9.17) is 5.73 Å². The van der Waals surface area contributed by atoms with E-state index in [1.807, 2.05) is 0 Å². The standard InChI is InChI=1S/C17H19F3N4O2S.C3H6/c1-2-9-7-24(23-14(9)17(18,19)20)8-12(25)22-16-13(15(21)26)10-5-3-4-6-11(10)27-16;1-2-3-1/h7H,2-6,8H2,1H3,(H2,21,26)(H,22,25);1-3H2. The Hall–Kier alpha value is -2.36. The smallest absolute Gasteiger partial charge is 0.365 e. The van der Waals surface area contributed by atoms with Gasteiger partial charge in [-0.05, 0) is 37.7 Å². The molecule has 0 bridgehead atoms. The van der Waals surface area contributed by atoms with Gasteiger partial charge in [-0.15, -0.1) is 11.3 Å². The maximum atomic E-state index is 13.0. The van der Waals surface area contributed by atoms with Crippen LogP contribution in [-0.4, -0.2) is 21.6 Å². The van der Waals surface area contributed by atoms with E-state index >= 15 is 0 Å². The van der Waals surface area contributed by atoms with E-state index in [-0.39, 0.29) is 18.5 Å². The lowest BCUT2D eigenvalue weighted by atomic mass is 9.95. The summed E-state index contributed by atoms with van der Waals surface area (Å²) in [5, 5.41) is 6.48. The molecule has 30 heavy (non-hydrogen) atoms. The Morgan fingerprint density at radius 2 is 1.87 bits per heavy atom. The van der Waals surface area contributed by atoms with Crippen LogP contribution in [0.15, 0.2) is 6.20 Å². The molecule has 0 aromatic carbocycles. The number of halogens is 3. The van der Waals surface area contributed by atoms with Crippen LogP contribution in [0, 0.1) is 0 Å². The molecule has 0 spiro atoms. The van der Waals surface area contributed by atoms with Crippen molar-refractivity contribution in [1.29, 1.82) is 0 Å². The molecule has 0 aliphatic heterocycles. The molecule has 2 aromatic heterocycles. The van der Waals surface area contributed by atoms with E-state index in [9.17, 15) is 22.8 Å². The molecule has 6 nitrogen and oxygen atoms in total. The molecule has 2 amide bonds. The van der Waals surface area contributed by atoms with E-state index < -0.39 is 23.7 Å². The molecule has 0 saturated heterocycles. The van der Waals surface area contributed by atoms with Crippen LogP contribution in [0.2, 0.25) is 0 Å². The summed E-state index contributed by atoms with van der Waals surface area (Å²) in [7, 11) is 0. The number of alkyl halides is 3. The van der Waals surface area contributed by atoms with Crippen LogP contribution >= 0.6 is 11.3 Å². The summed E-state index contributed by atoms with van der Waals surface area (Å²) in [5.41, 5.74) is 5.71. The van der Waals surface area contributed by atoms with Gasteiger partial charge >= 0.3 is 6.18 Å². The minimum atomic E-state index is -4.57. The van der Waals surface area contributed by atoms with Crippen LogP contribution in [-0.2, 0) is 36.8 Å². The molecule has 1 saturated carbocycles. The Bertz CT molecular complexity index is 929. The molecule has 2 heterocycles. The number of amides is 2. The first kappa shape index (κ1) is 22.3. The third-order valence-corrected chi connectivity index (χ3v) is 6.02. The van der Waals surface area contributed by atoms with Gasteiger partial charge in [-0.1, -0.05) is 26.2 Å². The van der Waals surface area contributed by atoms with Crippen molar-refractivity contribution in [3.05, 3.63) is 33.5 Å². The van der Waals surface area contributed by atoms with E-state index in [1.54, 1.807) is 6.92 Å².